The van der Waals surface area contributed by atoms with Gasteiger partial charge in [0.25, 0.3) is 0 Å². The molecule has 2 aliphatic carbocycles. The van der Waals surface area contributed by atoms with Gasteiger partial charge < -0.3 is 10.4 Å². The average Bonchev–Trinajstić information content (AvgIpc) is 2.62. The van der Waals surface area contributed by atoms with Gasteiger partial charge in [0.2, 0.25) is 0 Å². The van der Waals surface area contributed by atoms with Crippen LogP contribution in [0.3, 0.4) is 0 Å². The molecule has 102 valence electrons. The maximum Gasteiger partial charge on any atom is 0.308 e. The molecule has 1 saturated heterocycles. The number of carbonyl (C=O) groups is 1. The van der Waals surface area contributed by atoms with Crippen molar-refractivity contribution in [3.8, 4) is 0 Å². The number of hydrogen-bond donors (Lipinski definition) is 2. The molecular formula is C14H24N2O2. The Kier molecular flexibility index (Phi) is 3.10. The smallest absolute Gasteiger partial charge is 0.308 e. The van der Waals surface area contributed by atoms with Crippen LogP contribution < -0.4 is 5.32 Å². The van der Waals surface area contributed by atoms with Crippen LogP contribution in [0.1, 0.15) is 38.5 Å². The Morgan fingerprint density at radius 3 is 2.50 bits per heavy atom. The Bertz CT molecular complexity index is 341. The lowest BCUT2D eigenvalue weighted by atomic mass is 9.63. The Morgan fingerprint density at radius 2 is 1.94 bits per heavy atom. The summed E-state index contributed by atoms with van der Waals surface area (Å²) in [5.41, 5.74) is -0.00611. The molecular weight excluding hydrogens is 228 g/mol. The first kappa shape index (κ1) is 12.4. The molecule has 3 aliphatic rings. The SMILES string of the molecule is CN(C1CCNCC1)C12CCC1CCC2C(=O)O. The van der Waals surface area contributed by atoms with E-state index in [-0.39, 0.29) is 11.5 Å². The van der Waals surface area contributed by atoms with Crippen molar-refractivity contribution in [2.45, 2.75) is 50.1 Å². The predicted molar refractivity (Wildman–Crippen MR) is 69.5 cm³/mol. The lowest BCUT2D eigenvalue weighted by molar-refractivity contribution is -0.153. The standard InChI is InChI=1S/C14H24N2O2/c1-16(11-5-8-15-9-6-11)14-7-4-10(14)2-3-12(14)13(17)18/h10-12,15H,2-9H2,1H3,(H,17,18). The Balaban J connectivity index is 1.81. The molecule has 18 heavy (non-hydrogen) atoms. The predicted octanol–water partition coefficient (Wildman–Crippen LogP) is 1.31. The number of carboxylic acid groups (broad SMARTS) is 1. The van der Waals surface area contributed by atoms with Crippen LogP contribution in [0.5, 0.6) is 0 Å². The quantitative estimate of drug-likeness (QED) is 0.795. The van der Waals surface area contributed by atoms with Crippen LogP contribution in [0.4, 0.5) is 0 Å². The van der Waals surface area contributed by atoms with Gasteiger partial charge in [0, 0.05) is 11.6 Å². The van der Waals surface area contributed by atoms with Gasteiger partial charge >= 0.3 is 5.97 Å². The number of piperidine rings is 1. The molecule has 0 aromatic rings. The minimum absolute atomic E-state index is 0.00611. The van der Waals surface area contributed by atoms with Crippen molar-refractivity contribution in [2.24, 2.45) is 11.8 Å². The molecule has 0 bridgehead atoms. The summed E-state index contributed by atoms with van der Waals surface area (Å²) in [7, 11) is 2.18. The molecule has 3 unspecified atom stereocenters. The van der Waals surface area contributed by atoms with Crippen molar-refractivity contribution in [3.63, 3.8) is 0 Å². The molecule has 0 amide bonds. The number of aliphatic carboxylic acids is 1. The fraction of sp³-hybridized carbons (Fsp3) is 0.929. The summed E-state index contributed by atoms with van der Waals surface area (Å²) >= 11 is 0. The topological polar surface area (TPSA) is 52.6 Å². The molecule has 0 spiro atoms. The highest BCUT2D eigenvalue weighted by Gasteiger charge is 2.61. The van der Waals surface area contributed by atoms with E-state index in [1.54, 1.807) is 0 Å². The van der Waals surface area contributed by atoms with Gasteiger partial charge in [0.05, 0.1) is 5.92 Å². The number of rotatable bonds is 3. The summed E-state index contributed by atoms with van der Waals surface area (Å²) in [6.45, 7) is 2.15. The van der Waals surface area contributed by atoms with Crippen LogP contribution in [0.2, 0.25) is 0 Å². The molecule has 4 heteroatoms. The summed E-state index contributed by atoms with van der Waals surface area (Å²) in [6, 6.07) is 0.578. The van der Waals surface area contributed by atoms with E-state index in [2.05, 4.69) is 17.3 Å². The Labute approximate surface area is 109 Å². The van der Waals surface area contributed by atoms with Crippen molar-refractivity contribution in [3.05, 3.63) is 0 Å². The molecule has 0 aromatic carbocycles. The molecule has 2 saturated carbocycles. The first-order valence-corrected chi connectivity index (χ1v) is 7.32. The van der Waals surface area contributed by atoms with Gasteiger partial charge in [-0.3, -0.25) is 9.69 Å². The van der Waals surface area contributed by atoms with Gasteiger partial charge in [0.1, 0.15) is 0 Å². The zero-order chi connectivity index (χ0) is 12.8. The maximum atomic E-state index is 11.5. The summed E-state index contributed by atoms with van der Waals surface area (Å²) < 4.78 is 0. The highest BCUT2D eigenvalue weighted by atomic mass is 16.4. The summed E-state index contributed by atoms with van der Waals surface area (Å²) in [6.07, 6.45) is 6.66. The Hall–Kier alpha value is -0.610. The van der Waals surface area contributed by atoms with Gasteiger partial charge in [-0.05, 0) is 64.6 Å². The third kappa shape index (κ3) is 1.62. The van der Waals surface area contributed by atoms with Crippen LogP contribution in [-0.4, -0.2) is 47.7 Å². The molecule has 4 nitrogen and oxygen atoms in total. The van der Waals surface area contributed by atoms with E-state index < -0.39 is 5.97 Å². The van der Waals surface area contributed by atoms with E-state index in [9.17, 15) is 9.90 Å². The van der Waals surface area contributed by atoms with Crippen LogP contribution in [0.25, 0.3) is 0 Å². The molecule has 1 heterocycles. The van der Waals surface area contributed by atoms with Crippen molar-refractivity contribution < 1.29 is 9.90 Å². The zero-order valence-corrected chi connectivity index (χ0v) is 11.2. The molecule has 2 N–H and O–H groups in total. The van der Waals surface area contributed by atoms with Crippen molar-refractivity contribution in [1.29, 1.82) is 0 Å². The summed E-state index contributed by atoms with van der Waals surface area (Å²) in [4.78, 5) is 14.0. The highest BCUT2D eigenvalue weighted by molar-refractivity contribution is 5.73. The van der Waals surface area contributed by atoms with Gasteiger partial charge in [-0.15, -0.1) is 0 Å². The van der Waals surface area contributed by atoms with E-state index in [0.717, 1.165) is 45.2 Å². The number of hydrogen-bond acceptors (Lipinski definition) is 3. The summed E-state index contributed by atoms with van der Waals surface area (Å²) in [5.74, 6) is -0.0624. The van der Waals surface area contributed by atoms with Gasteiger partial charge in [-0.1, -0.05) is 0 Å². The normalized spacial score (nSPS) is 40.6. The third-order valence-electron chi connectivity index (χ3n) is 5.82. The highest BCUT2D eigenvalue weighted by Crippen LogP contribution is 2.57. The molecule has 0 aromatic heterocycles. The van der Waals surface area contributed by atoms with Gasteiger partial charge in [-0.25, -0.2) is 0 Å². The van der Waals surface area contributed by atoms with Crippen LogP contribution in [-0.2, 0) is 4.79 Å². The number of carboxylic acids is 1. The Morgan fingerprint density at radius 1 is 1.22 bits per heavy atom. The van der Waals surface area contributed by atoms with Crippen molar-refractivity contribution in [2.75, 3.05) is 20.1 Å². The zero-order valence-electron chi connectivity index (χ0n) is 11.2. The minimum atomic E-state index is -0.571. The van der Waals surface area contributed by atoms with E-state index in [1.165, 1.54) is 6.42 Å². The number of fused-ring (bicyclic) bond motifs is 1. The number of nitrogens with zero attached hydrogens (tertiary/aromatic N) is 1. The maximum absolute atomic E-state index is 11.5. The monoisotopic (exact) mass is 252 g/mol. The molecule has 3 fully saturated rings. The second-order valence-corrected chi connectivity index (χ2v) is 6.29. The summed E-state index contributed by atoms with van der Waals surface area (Å²) in [5, 5.41) is 12.9. The molecule has 3 rings (SSSR count). The first-order chi connectivity index (χ1) is 8.66. The average molecular weight is 252 g/mol. The second kappa shape index (κ2) is 4.49. The first-order valence-electron chi connectivity index (χ1n) is 7.32. The molecule has 3 atom stereocenters. The van der Waals surface area contributed by atoms with Crippen LogP contribution >= 0.6 is 0 Å². The van der Waals surface area contributed by atoms with Crippen molar-refractivity contribution >= 4 is 5.97 Å². The fourth-order valence-corrected chi connectivity index (χ4v) is 4.70. The second-order valence-electron chi connectivity index (χ2n) is 6.29. The van der Waals surface area contributed by atoms with Gasteiger partial charge in [0.15, 0.2) is 0 Å². The lowest BCUT2D eigenvalue weighted by Crippen LogP contribution is -2.64. The van der Waals surface area contributed by atoms with E-state index >= 15 is 0 Å². The minimum Gasteiger partial charge on any atom is -0.481 e. The van der Waals surface area contributed by atoms with Crippen LogP contribution in [0, 0.1) is 11.8 Å². The van der Waals surface area contributed by atoms with E-state index in [4.69, 9.17) is 0 Å². The fourth-order valence-electron chi connectivity index (χ4n) is 4.70. The molecule has 1 aliphatic heterocycles. The molecule has 0 radical (unpaired) electrons. The lowest BCUT2D eigenvalue weighted by Gasteiger charge is -2.56. The van der Waals surface area contributed by atoms with Crippen LogP contribution in [0.15, 0.2) is 0 Å². The van der Waals surface area contributed by atoms with E-state index in [1.807, 2.05) is 0 Å². The van der Waals surface area contributed by atoms with Gasteiger partial charge in [-0.2, -0.15) is 0 Å². The van der Waals surface area contributed by atoms with Crippen molar-refractivity contribution in [1.82, 2.24) is 10.2 Å². The number of nitrogens with one attached hydrogen (secondary N) is 1. The third-order valence-corrected chi connectivity index (χ3v) is 5.82. The van der Waals surface area contributed by atoms with E-state index in [0.29, 0.717) is 12.0 Å². The largest absolute Gasteiger partial charge is 0.481 e.